The molecule has 0 N–H and O–H groups in total. The van der Waals surface area contributed by atoms with Gasteiger partial charge in [0.25, 0.3) is 0 Å². The third-order valence-electron chi connectivity index (χ3n) is 2.39. The fraction of sp³-hybridized carbons (Fsp3) is 0.231. The minimum absolute atomic E-state index is 0.196. The maximum absolute atomic E-state index is 10.9. The van der Waals surface area contributed by atoms with Crippen LogP contribution in [0, 0.1) is 6.92 Å². The van der Waals surface area contributed by atoms with E-state index in [1.165, 1.54) is 7.11 Å². The lowest BCUT2D eigenvalue weighted by Crippen LogP contribution is -2.00. The van der Waals surface area contributed by atoms with E-state index in [9.17, 15) is 4.79 Å². The Morgan fingerprint density at radius 3 is 2.89 bits per heavy atom. The Morgan fingerprint density at radius 2 is 2.28 bits per heavy atom. The van der Waals surface area contributed by atoms with Crippen molar-refractivity contribution >= 4 is 6.29 Å². The molecule has 0 saturated carbocycles. The highest BCUT2D eigenvalue weighted by Crippen LogP contribution is 2.30. The van der Waals surface area contributed by atoms with Gasteiger partial charge in [-0.05, 0) is 19.1 Å². The van der Waals surface area contributed by atoms with Crippen molar-refractivity contribution in [2.45, 2.75) is 13.5 Å². The third-order valence-corrected chi connectivity index (χ3v) is 2.39. The molecule has 0 bridgehead atoms. The van der Waals surface area contributed by atoms with Crippen LogP contribution in [0.4, 0.5) is 0 Å². The number of aldehydes is 1. The summed E-state index contributed by atoms with van der Waals surface area (Å²) in [4.78, 5) is 10.9. The molecule has 5 nitrogen and oxygen atoms in total. The summed E-state index contributed by atoms with van der Waals surface area (Å²) in [6.07, 6.45) is 0.726. The molecule has 0 fully saturated rings. The van der Waals surface area contributed by atoms with Crippen LogP contribution in [0.25, 0.3) is 0 Å². The van der Waals surface area contributed by atoms with E-state index in [-0.39, 0.29) is 6.61 Å². The smallest absolute Gasteiger partial charge is 0.174 e. The first kappa shape index (κ1) is 12.2. The maximum Gasteiger partial charge on any atom is 0.174 e. The van der Waals surface area contributed by atoms with Gasteiger partial charge in [0.05, 0.1) is 18.4 Å². The number of para-hydroxylation sites is 1. The Labute approximate surface area is 104 Å². The lowest BCUT2D eigenvalue weighted by atomic mass is 10.2. The lowest BCUT2D eigenvalue weighted by Gasteiger charge is -2.10. The monoisotopic (exact) mass is 247 g/mol. The fourth-order valence-corrected chi connectivity index (χ4v) is 1.57. The van der Waals surface area contributed by atoms with E-state index in [1.54, 1.807) is 24.3 Å². The first-order chi connectivity index (χ1) is 8.74. The van der Waals surface area contributed by atoms with E-state index >= 15 is 0 Å². The molecule has 0 aliphatic rings. The minimum atomic E-state index is 0.196. The summed E-state index contributed by atoms with van der Waals surface area (Å²) >= 11 is 0. The van der Waals surface area contributed by atoms with E-state index in [0.29, 0.717) is 22.8 Å². The van der Waals surface area contributed by atoms with Crippen molar-refractivity contribution < 1.29 is 18.8 Å². The van der Waals surface area contributed by atoms with Crippen LogP contribution in [0.15, 0.2) is 28.8 Å². The van der Waals surface area contributed by atoms with Gasteiger partial charge in [0, 0.05) is 6.07 Å². The summed E-state index contributed by atoms with van der Waals surface area (Å²) in [6.45, 7) is 2.02. The van der Waals surface area contributed by atoms with Crippen LogP contribution >= 0.6 is 0 Å². The van der Waals surface area contributed by atoms with Crippen LogP contribution < -0.4 is 9.47 Å². The van der Waals surface area contributed by atoms with E-state index in [4.69, 9.17) is 14.0 Å². The topological polar surface area (TPSA) is 61.6 Å². The second-order valence-corrected chi connectivity index (χ2v) is 3.72. The molecular formula is C13H13NO4. The van der Waals surface area contributed by atoms with Crippen LogP contribution in [-0.4, -0.2) is 18.6 Å². The van der Waals surface area contributed by atoms with Crippen molar-refractivity contribution in [1.29, 1.82) is 0 Å². The Kier molecular flexibility index (Phi) is 3.62. The van der Waals surface area contributed by atoms with Crippen molar-refractivity contribution in [3.63, 3.8) is 0 Å². The highest BCUT2D eigenvalue weighted by atomic mass is 16.5. The molecule has 1 heterocycles. The van der Waals surface area contributed by atoms with E-state index in [2.05, 4.69) is 5.16 Å². The number of ether oxygens (including phenoxy) is 2. The Bertz CT molecular complexity index is 548. The zero-order chi connectivity index (χ0) is 13.0. The number of carbonyl (C=O) groups is 1. The summed E-state index contributed by atoms with van der Waals surface area (Å²) in [5.41, 5.74) is 1.22. The molecule has 0 radical (unpaired) electrons. The largest absolute Gasteiger partial charge is 0.493 e. The van der Waals surface area contributed by atoms with Gasteiger partial charge in [0.1, 0.15) is 6.61 Å². The third kappa shape index (κ3) is 2.51. The predicted molar refractivity (Wildman–Crippen MR) is 64.0 cm³/mol. The van der Waals surface area contributed by atoms with Gasteiger partial charge in [-0.25, -0.2) is 0 Å². The molecule has 1 aromatic carbocycles. The summed E-state index contributed by atoms with van der Waals surface area (Å²) in [7, 11) is 1.52. The second-order valence-electron chi connectivity index (χ2n) is 3.72. The molecule has 0 aliphatic heterocycles. The Hall–Kier alpha value is -2.30. The van der Waals surface area contributed by atoms with Gasteiger partial charge in [-0.3, -0.25) is 4.79 Å². The van der Waals surface area contributed by atoms with Gasteiger partial charge in [0.2, 0.25) is 0 Å². The zero-order valence-corrected chi connectivity index (χ0v) is 10.2. The van der Waals surface area contributed by atoms with Crippen LogP contribution in [0.5, 0.6) is 11.5 Å². The molecule has 0 atom stereocenters. The highest BCUT2D eigenvalue weighted by Gasteiger charge is 2.11. The van der Waals surface area contributed by atoms with Crippen LogP contribution in [0.2, 0.25) is 0 Å². The Morgan fingerprint density at radius 1 is 1.44 bits per heavy atom. The Balaban J connectivity index is 2.19. The van der Waals surface area contributed by atoms with Crippen molar-refractivity contribution in [1.82, 2.24) is 5.16 Å². The second kappa shape index (κ2) is 5.35. The summed E-state index contributed by atoms with van der Waals surface area (Å²) in [5, 5.41) is 3.76. The van der Waals surface area contributed by atoms with Gasteiger partial charge in [-0.2, -0.15) is 0 Å². The number of hydrogen-bond acceptors (Lipinski definition) is 5. The van der Waals surface area contributed by atoms with Crippen LogP contribution in [0.1, 0.15) is 21.8 Å². The predicted octanol–water partition coefficient (Wildman–Crippen LogP) is 2.38. The van der Waals surface area contributed by atoms with E-state index in [1.807, 2.05) is 6.92 Å². The molecule has 2 rings (SSSR count). The minimum Gasteiger partial charge on any atom is -0.493 e. The summed E-state index contributed by atoms with van der Waals surface area (Å²) in [6, 6.07) is 6.90. The summed E-state index contributed by atoms with van der Waals surface area (Å²) < 4.78 is 15.7. The SMILES string of the molecule is COc1cccc(C=O)c1OCc1cc(C)no1. The average Bonchev–Trinajstić information content (AvgIpc) is 2.81. The van der Waals surface area contributed by atoms with Crippen LogP contribution in [0.3, 0.4) is 0 Å². The van der Waals surface area contributed by atoms with Crippen molar-refractivity contribution in [3.8, 4) is 11.5 Å². The highest BCUT2D eigenvalue weighted by molar-refractivity contribution is 5.81. The molecule has 0 spiro atoms. The number of methoxy groups -OCH3 is 1. The van der Waals surface area contributed by atoms with E-state index < -0.39 is 0 Å². The van der Waals surface area contributed by atoms with Crippen molar-refractivity contribution in [2.75, 3.05) is 7.11 Å². The number of aromatic nitrogens is 1. The van der Waals surface area contributed by atoms with Gasteiger partial charge < -0.3 is 14.0 Å². The number of carbonyl (C=O) groups excluding carboxylic acids is 1. The molecule has 18 heavy (non-hydrogen) atoms. The average molecular weight is 247 g/mol. The lowest BCUT2D eigenvalue weighted by molar-refractivity contribution is 0.111. The molecule has 5 heteroatoms. The van der Waals surface area contributed by atoms with Gasteiger partial charge in [-0.1, -0.05) is 11.2 Å². The van der Waals surface area contributed by atoms with E-state index in [0.717, 1.165) is 12.0 Å². The zero-order valence-electron chi connectivity index (χ0n) is 10.2. The molecule has 0 unspecified atom stereocenters. The standard InChI is InChI=1S/C13H13NO4/c1-9-6-11(18-14-9)8-17-13-10(7-15)4-3-5-12(13)16-2/h3-7H,8H2,1-2H3. The van der Waals surface area contributed by atoms with Gasteiger partial charge in [-0.15, -0.1) is 0 Å². The molecule has 0 saturated heterocycles. The number of nitrogens with zero attached hydrogens (tertiary/aromatic N) is 1. The van der Waals surface area contributed by atoms with Gasteiger partial charge in [0.15, 0.2) is 23.5 Å². The molecule has 0 amide bonds. The maximum atomic E-state index is 10.9. The van der Waals surface area contributed by atoms with Crippen molar-refractivity contribution in [3.05, 3.63) is 41.3 Å². The summed E-state index contributed by atoms with van der Waals surface area (Å²) in [5.74, 6) is 1.51. The normalized spacial score (nSPS) is 10.1. The number of rotatable bonds is 5. The molecular weight excluding hydrogens is 234 g/mol. The quantitative estimate of drug-likeness (QED) is 0.759. The molecule has 94 valence electrons. The number of aryl methyl sites for hydroxylation is 1. The fourth-order valence-electron chi connectivity index (χ4n) is 1.57. The van der Waals surface area contributed by atoms with Crippen molar-refractivity contribution in [2.24, 2.45) is 0 Å². The molecule has 2 aromatic rings. The molecule has 0 aliphatic carbocycles. The number of benzene rings is 1. The number of hydrogen-bond donors (Lipinski definition) is 0. The van der Waals surface area contributed by atoms with Gasteiger partial charge >= 0.3 is 0 Å². The molecule has 1 aromatic heterocycles. The van der Waals surface area contributed by atoms with Crippen LogP contribution in [-0.2, 0) is 6.61 Å². The first-order valence-corrected chi connectivity index (χ1v) is 5.41. The first-order valence-electron chi connectivity index (χ1n) is 5.41.